The van der Waals surface area contributed by atoms with Gasteiger partial charge in [-0.25, -0.2) is 4.39 Å². The van der Waals surface area contributed by atoms with Crippen LogP contribution in [0.25, 0.3) is 0 Å². The van der Waals surface area contributed by atoms with E-state index in [0.29, 0.717) is 5.75 Å². The molecule has 1 unspecified atom stereocenters. The fourth-order valence-corrected chi connectivity index (χ4v) is 3.34. The maximum atomic E-state index is 13.1. The molecule has 1 atom stereocenters. The molecule has 2 rings (SSSR count). The molecule has 132 valence electrons. The van der Waals surface area contributed by atoms with Crippen LogP contribution in [0, 0.1) is 11.2 Å². The maximum absolute atomic E-state index is 13.1. The van der Waals surface area contributed by atoms with Gasteiger partial charge in [-0.15, -0.1) is 11.8 Å². The number of carboxylic acid groups (broad SMARTS) is 1. The molecule has 1 N–H and O–H groups in total. The van der Waals surface area contributed by atoms with Gasteiger partial charge in [0.2, 0.25) is 5.91 Å². The van der Waals surface area contributed by atoms with Gasteiger partial charge in [-0.2, -0.15) is 13.2 Å². The molecule has 1 aliphatic rings. The van der Waals surface area contributed by atoms with E-state index in [4.69, 9.17) is 5.11 Å². The maximum Gasteiger partial charge on any atom is 0.406 e. The van der Waals surface area contributed by atoms with Crippen LogP contribution in [0.3, 0.4) is 0 Å². The summed E-state index contributed by atoms with van der Waals surface area (Å²) in [5, 5.41) is 8.95. The summed E-state index contributed by atoms with van der Waals surface area (Å²) >= 11 is 1.28. The van der Waals surface area contributed by atoms with Crippen LogP contribution in [-0.2, 0) is 9.59 Å². The van der Waals surface area contributed by atoms with Gasteiger partial charge in [0.25, 0.3) is 0 Å². The molecule has 1 saturated heterocycles. The summed E-state index contributed by atoms with van der Waals surface area (Å²) in [7, 11) is 0. The quantitative estimate of drug-likeness (QED) is 0.643. The first-order valence-electron chi connectivity index (χ1n) is 7.12. The van der Waals surface area contributed by atoms with Gasteiger partial charge in [0.05, 0.1) is 0 Å². The number of hydrogen-bond donors (Lipinski definition) is 1. The Kier molecular flexibility index (Phi) is 5.42. The van der Waals surface area contributed by atoms with Crippen LogP contribution in [0.5, 0.6) is 0 Å². The summed E-state index contributed by atoms with van der Waals surface area (Å²) in [4.78, 5) is 24.8. The van der Waals surface area contributed by atoms with Crippen molar-refractivity contribution in [2.75, 3.05) is 18.8 Å². The molecule has 4 nitrogen and oxygen atoms in total. The van der Waals surface area contributed by atoms with E-state index >= 15 is 0 Å². The Bertz CT molecular complexity index is 620. The number of aliphatic carboxylic acids is 1. The molecule has 1 aliphatic heterocycles. The highest BCUT2D eigenvalue weighted by atomic mass is 32.2. The monoisotopic (exact) mass is 365 g/mol. The molecule has 0 aromatic heterocycles. The third kappa shape index (κ3) is 3.82. The minimum atomic E-state index is -4.91. The van der Waals surface area contributed by atoms with Gasteiger partial charge in [0, 0.05) is 30.2 Å². The number of halogens is 4. The van der Waals surface area contributed by atoms with Gasteiger partial charge in [-0.05, 0) is 30.7 Å². The van der Waals surface area contributed by atoms with Crippen LogP contribution >= 0.6 is 11.8 Å². The van der Waals surface area contributed by atoms with Crippen LogP contribution in [0.1, 0.15) is 12.8 Å². The third-order valence-electron chi connectivity index (χ3n) is 3.97. The van der Waals surface area contributed by atoms with Gasteiger partial charge in [-0.3, -0.25) is 9.59 Å². The van der Waals surface area contributed by atoms with Gasteiger partial charge in [0.15, 0.2) is 5.41 Å². The van der Waals surface area contributed by atoms with E-state index < -0.39 is 36.4 Å². The van der Waals surface area contributed by atoms with Crippen molar-refractivity contribution < 1.29 is 32.3 Å². The van der Waals surface area contributed by atoms with Gasteiger partial charge >= 0.3 is 12.1 Å². The van der Waals surface area contributed by atoms with Crippen LogP contribution in [0.2, 0.25) is 0 Å². The van der Waals surface area contributed by atoms with Crippen molar-refractivity contribution in [3.63, 3.8) is 0 Å². The average Bonchev–Trinajstić information content (AvgIpc) is 2.96. The molecule has 24 heavy (non-hydrogen) atoms. The fourth-order valence-electron chi connectivity index (χ4n) is 2.49. The standard InChI is InChI=1S/C15H15F4NO3S/c16-10-1-3-11(4-2-10)24-8-5-12(21)20-7-6-14(9-20,13(22)23)15(17,18)19/h1-4H,5-9H2,(H,22,23). The number of amides is 1. The molecule has 0 aliphatic carbocycles. The topological polar surface area (TPSA) is 57.6 Å². The molecule has 9 heteroatoms. The average molecular weight is 365 g/mol. The second kappa shape index (κ2) is 7.00. The van der Waals surface area contributed by atoms with Crippen molar-refractivity contribution in [1.82, 2.24) is 4.90 Å². The highest BCUT2D eigenvalue weighted by Crippen LogP contribution is 2.45. The van der Waals surface area contributed by atoms with E-state index in [2.05, 4.69) is 0 Å². The first kappa shape index (κ1) is 18.6. The minimum Gasteiger partial charge on any atom is -0.481 e. The van der Waals surface area contributed by atoms with E-state index in [-0.39, 0.29) is 18.8 Å². The van der Waals surface area contributed by atoms with Crippen LogP contribution < -0.4 is 0 Å². The Morgan fingerprint density at radius 1 is 1.25 bits per heavy atom. The smallest absolute Gasteiger partial charge is 0.406 e. The Hall–Kier alpha value is -1.77. The number of rotatable bonds is 5. The van der Waals surface area contributed by atoms with Crippen molar-refractivity contribution in [2.45, 2.75) is 23.9 Å². The highest BCUT2D eigenvalue weighted by molar-refractivity contribution is 7.99. The number of thioether (sulfide) groups is 1. The third-order valence-corrected chi connectivity index (χ3v) is 4.99. The molecule has 1 fully saturated rings. The number of likely N-dealkylation sites (tertiary alicyclic amines) is 1. The molecule has 0 spiro atoms. The Morgan fingerprint density at radius 2 is 1.88 bits per heavy atom. The van der Waals surface area contributed by atoms with Crippen molar-refractivity contribution in [1.29, 1.82) is 0 Å². The van der Waals surface area contributed by atoms with E-state index in [9.17, 15) is 27.2 Å². The van der Waals surface area contributed by atoms with Crippen LogP contribution in [0.4, 0.5) is 17.6 Å². The Labute approximate surface area is 139 Å². The molecule has 1 aromatic rings. The van der Waals surface area contributed by atoms with Gasteiger partial charge in [0.1, 0.15) is 5.82 Å². The second-order valence-corrected chi connectivity index (χ2v) is 6.67. The van der Waals surface area contributed by atoms with Gasteiger partial charge < -0.3 is 10.0 Å². The predicted molar refractivity (Wildman–Crippen MR) is 79.1 cm³/mol. The lowest BCUT2D eigenvalue weighted by molar-refractivity contribution is -0.227. The van der Waals surface area contributed by atoms with E-state index in [1.54, 1.807) is 12.1 Å². The number of hydrogen-bond acceptors (Lipinski definition) is 3. The SMILES string of the molecule is O=C(CCSc1ccc(F)cc1)N1CCC(C(=O)O)(C(F)(F)F)C1. The number of nitrogens with zero attached hydrogens (tertiary/aromatic N) is 1. The summed E-state index contributed by atoms with van der Waals surface area (Å²) < 4.78 is 51.9. The molecule has 0 bridgehead atoms. The number of carboxylic acids is 1. The molecule has 0 saturated carbocycles. The van der Waals surface area contributed by atoms with Crippen molar-refractivity contribution in [2.24, 2.45) is 5.41 Å². The lowest BCUT2D eigenvalue weighted by Gasteiger charge is -2.27. The predicted octanol–water partition coefficient (Wildman–Crippen LogP) is 3.17. The first-order valence-corrected chi connectivity index (χ1v) is 8.10. The van der Waals surface area contributed by atoms with Crippen LogP contribution in [-0.4, -0.2) is 46.9 Å². The first-order chi connectivity index (χ1) is 11.2. The normalized spacial score (nSPS) is 21.1. The lowest BCUT2D eigenvalue weighted by atomic mass is 9.86. The lowest BCUT2D eigenvalue weighted by Crippen LogP contribution is -2.47. The summed E-state index contributed by atoms with van der Waals surface area (Å²) in [5.41, 5.74) is -2.88. The zero-order valence-electron chi connectivity index (χ0n) is 12.5. The summed E-state index contributed by atoms with van der Waals surface area (Å²) in [6, 6.07) is 5.63. The number of alkyl halides is 3. The van der Waals surface area contributed by atoms with E-state index in [0.717, 1.165) is 9.80 Å². The number of carbonyl (C=O) groups is 2. The van der Waals surface area contributed by atoms with Crippen molar-refractivity contribution in [3.05, 3.63) is 30.1 Å². The molecule has 0 radical (unpaired) electrons. The van der Waals surface area contributed by atoms with Crippen LogP contribution in [0.15, 0.2) is 29.2 Å². The van der Waals surface area contributed by atoms with Crippen molar-refractivity contribution >= 4 is 23.6 Å². The number of benzene rings is 1. The summed E-state index contributed by atoms with van der Waals surface area (Å²) in [5.74, 6) is -2.54. The zero-order valence-corrected chi connectivity index (χ0v) is 13.3. The summed E-state index contributed by atoms with van der Waals surface area (Å²) in [6.45, 7) is -1.09. The number of carbonyl (C=O) groups excluding carboxylic acids is 1. The Morgan fingerprint density at radius 3 is 2.38 bits per heavy atom. The minimum absolute atomic E-state index is 0.0183. The Balaban J connectivity index is 1.90. The highest BCUT2D eigenvalue weighted by Gasteiger charge is 2.64. The zero-order chi connectivity index (χ0) is 18.0. The molecular formula is C15H15F4NO3S. The largest absolute Gasteiger partial charge is 0.481 e. The molecule has 1 amide bonds. The second-order valence-electron chi connectivity index (χ2n) is 5.50. The van der Waals surface area contributed by atoms with Gasteiger partial charge in [-0.1, -0.05) is 0 Å². The van der Waals surface area contributed by atoms with Crippen molar-refractivity contribution in [3.8, 4) is 0 Å². The van der Waals surface area contributed by atoms with E-state index in [1.807, 2.05) is 0 Å². The molecule has 1 aromatic carbocycles. The fraction of sp³-hybridized carbons (Fsp3) is 0.467. The molecular weight excluding hydrogens is 350 g/mol. The summed E-state index contributed by atoms with van der Waals surface area (Å²) in [6.07, 6.45) is -5.56. The molecule has 1 heterocycles. The van der Waals surface area contributed by atoms with E-state index in [1.165, 1.54) is 23.9 Å².